The van der Waals surface area contributed by atoms with Gasteiger partial charge in [-0.15, -0.1) is 0 Å². The van der Waals surface area contributed by atoms with E-state index in [4.69, 9.17) is 0 Å². The fraction of sp³-hybridized carbons (Fsp3) is 0.533. The molecule has 0 radical (unpaired) electrons. The minimum absolute atomic E-state index is 0.0525. The van der Waals surface area contributed by atoms with Crippen LogP contribution in [0.2, 0.25) is 0 Å². The van der Waals surface area contributed by atoms with E-state index in [0.717, 1.165) is 34.3 Å². The Hall–Kier alpha value is -0.430. The lowest BCUT2D eigenvalue weighted by Gasteiger charge is -2.24. The summed E-state index contributed by atoms with van der Waals surface area (Å²) in [4.78, 5) is 14.5. The summed E-state index contributed by atoms with van der Waals surface area (Å²) in [6.07, 6.45) is 2.54. The van der Waals surface area contributed by atoms with E-state index in [1.807, 2.05) is 18.2 Å². The molecule has 2 aliphatic rings. The SMILES string of the molecule is O=C(CN1C[C@@H]2CCCN[C@@H]2C1)Nc1ccc(Br)cc1Br. The smallest absolute Gasteiger partial charge is 0.238 e. The number of anilines is 1. The number of hydrogen-bond acceptors (Lipinski definition) is 3. The quantitative estimate of drug-likeness (QED) is 0.796. The van der Waals surface area contributed by atoms with Crippen LogP contribution in [-0.2, 0) is 4.79 Å². The maximum absolute atomic E-state index is 12.2. The lowest BCUT2D eigenvalue weighted by Crippen LogP contribution is -2.41. The highest BCUT2D eigenvalue weighted by Crippen LogP contribution is 2.27. The molecule has 0 aliphatic carbocycles. The van der Waals surface area contributed by atoms with Crippen molar-refractivity contribution in [2.75, 3.05) is 31.5 Å². The highest BCUT2D eigenvalue weighted by Gasteiger charge is 2.34. The van der Waals surface area contributed by atoms with Crippen molar-refractivity contribution >= 4 is 43.5 Å². The summed E-state index contributed by atoms with van der Waals surface area (Å²) in [5.74, 6) is 0.766. The Morgan fingerprint density at radius 2 is 2.24 bits per heavy atom. The zero-order valence-electron chi connectivity index (χ0n) is 11.7. The summed E-state index contributed by atoms with van der Waals surface area (Å²) in [6, 6.07) is 6.33. The number of hydrogen-bond donors (Lipinski definition) is 2. The van der Waals surface area contributed by atoms with Crippen molar-refractivity contribution in [2.24, 2.45) is 5.92 Å². The Kier molecular flexibility index (Phi) is 4.99. The van der Waals surface area contributed by atoms with Crippen molar-refractivity contribution in [2.45, 2.75) is 18.9 Å². The van der Waals surface area contributed by atoms with Crippen molar-refractivity contribution in [1.82, 2.24) is 10.2 Å². The van der Waals surface area contributed by atoms with E-state index in [1.165, 1.54) is 12.8 Å². The van der Waals surface area contributed by atoms with E-state index in [0.29, 0.717) is 18.5 Å². The molecule has 2 heterocycles. The average Bonchev–Trinajstić information content (AvgIpc) is 2.84. The molecule has 1 amide bonds. The predicted molar refractivity (Wildman–Crippen MR) is 91.4 cm³/mol. The molecule has 1 aromatic rings. The van der Waals surface area contributed by atoms with Crippen LogP contribution in [-0.4, -0.2) is 43.0 Å². The van der Waals surface area contributed by atoms with Crippen LogP contribution in [0.5, 0.6) is 0 Å². The van der Waals surface area contributed by atoms with Gasteiger partial charge in [0.25, 0.3) is 0 Å². The number of rotatable bonds is 3. The van der Waals surface area contributed by atoms with Gasteiger partial charge >= 0.3 is 0 Å². The van der Waals surface area contributed by atoms with Gasteiger partial charge < -0.3 is 10.6 Å². The molecule has 2 N–H and O–H groups in total. The third-order valence-electron chi connectivity index (χ3n) is 4.25. The van der Waals surface area contributed by atoms with Gasteiger partial charge in [-0.3, -0.25) is 9.69 Å². The molecule has 2 atom stereocenters. The Morgan fingerprint density at radius 3 is 3.00 bits per heavy atom. The summed E-state index contributed by atoms with van der Waals surface area (Å²) in [7, 11) is 0. The number of nitrogens with one attached hydrogen (secondary N) is 2. The van der Waals surface area contributed by atoms with Crippen molar-refractivity contribution in [3.05, 3.63) is 27.1 Å². The highest BCUT2D eigenvalue weighted by atomic mass is 79.9. The van der Waals surface area contributed by atoms with Gasteiger partial charge in [0.15, 0.2) is 0 Å². The van der Waals surface area contributed by atoms with E-state index in [-0.39, 0.29) is 5.91 Å². The summed E-state index contributed by atoms with van der Waals surface area (Å²) in [5, 5.41) is 6.54. The van der Waals surface area contributed by atoms with Crippen molar-refractivity contribution in [3.63, 3.8) is 0 Å². The molecule has 21 heavy (non-hydrogen) atoms. The van der Waals surface area contributed by atoms with Gasteiger partial charge in [-0.05, 0) is 59.4 Å². The number of piperidine rings is 1. The molecule has 2 aliphatic heterocycles. The van der Waals surface area contributed by atoms with E-state index in [2.05, 4.69) is 47.4 Å². The van der Waals surface area contributed by atoms with Crippen LogP contribution in [0.25, 0.3) is 0 Å². The molecule has 2 fully saturated rings. The standard InChI is InChI=1S/C15H19Br2N3O/c16-11-3-4-13(12(17)6-11)19-15(21)9-20-7-10-2-1-5-18-14(10)8-20/h3-4,6,10,14,18H,1-2,5,7-9H2,(H,19,21)/t10-,14+/m0/s1. The largest absolute Gasteiger partial charge is 0.324 e. The summed E-state index contributed by atoms with van der Waals surface area (Å²) < 4.78 is 1.88. The zero-order valence-corrected chi connectivity index (χ0v) is 14.9. The average molecular weight is 417 g/mol. The minimum atomic E-state index is 0.0525. The third kappa shape index (κ3) is 3.86. The number of benzene rings is 1. The lowest BCUT2D eigenvalue weighted by atomic mass is 9.94. The molecule has 0 aromatic heterocycles. The number of likely N-dealkylation sites (tertiary alicyclic amines) is 1. The zero-order chi connectivity index (χ0) is 14.8. The first-order valence-electron chi connectivity index (χ1n) is 7.32. The van der Waals surface area contributed by atoms with Gasteiger partial charge in [0.2, 0.25) is 5.91 Å². The molecule has 4 nitrogen and oxygen atoms in total. The van der Waals surface area contributed by atoms with Gasteiger partial charge in [-0.1, -0.05) is 15.9 Å². The fourth-order valence-electron chi connectivity index (χ4n) is 3.25. The third-order valence-corrected chi connectivity index (χ3v) is 5.40. The maximum Gasteiger partial charge on any atom is 0.238 e. The molecule has 0 spiro atoms. The first-order valence-corrected chi connectivity index (χ1v) is 8.91. The minimum Gasteiger partial charge on any atom is -0.324 e. The Bertz CT molecular complexity index is 524. The Morgan fingerprint density at radius 1 is 1.38 bits per heavy atom. The second-order valence-corrected chi connectivity index (χ2v) is 7.60. The monoisotopic (exact) mass is 415 g/mol. The van der Waals surface area contributed by atoms with Crippen LogP contribution in [0.15, 0.2) is 27.1 Å². The van der Waals surface area contributed by atoms with Gasteiger partial charge in [0.1, 0.15) is 0 Å². The Balaban J connectivity index is 1.55. The highest BCUT2D eigenvalue weighted by molar-refractivity contribution is 9.11. The molecule has 0 saturated carbocycles. The first kappa shape index (κ1) is 15.5. The number of nitrogens with zero attached hydrogens (tertiary/aromatic N) is 1. The lowest BCUT2D eigenvalue weighted by molar-refractivity contribution is -0.117. The molecule has 0 unspecified atom stereocenters. The van der Waals surface area contributed by atoms with Crippen LogP contribution in [0.1, 0.15) is 12.8 Å². The molecular formula is C15H19Br2N3O. The summed E-state index contributed by atoms with van der Waals surface area (Å²) in [6.45, 7) is 3.61. The number of halogens is 2. The molecule has 114 valence electrons. The second kappa shape index (κ2) is 6.77. The fourth-order valence-corrected chi connectivity index (χ4v) is 4.40. The van der Waals surface area contributed by atoms with Crippen LogP contribution < -0.4 is 10.6 Å². The summed E-state index contributed by atoms with van der Waals surface area (Å²) >= 11 is 6.88. The van der Waals surface area contributed by atoms with Crippen LogP contribution in [0.4, 0.5) is 5.69 Å². The molecule has 1 aromatic carbocycles. The first-order chi connectivity index (χ1) is 10.1. The van der Waals surface area contributed by atoms with E-state index >= 15 is 0 Å². The van der Waals surface area contributed by atoms with E-state index in [1.54, 1.807) is 0 Å². The molecular weight excluding hydrogens is 398 g/mol. The van der Waals surface area contributed by atoms with Crippen molar-refractivity contribution < 1.29 is 4.79 Å². The molecule has 3 rings (SSSR count). The van der Waals surface area contributed by atoms with E-state index in [9.17, 15) is 4.79 Å². The molecule has 0 bridgehead atoms. The topological polar surface area (TPSA) is 44.4 Å². The van der Waals surface area contributed by atoms with Crippen LogP contribution in [0.3, 0.4) is 0 Å². The van der Waals surface area contributed by atoms with Gasteiger partial charge in [0, 0.05) is 28.1 Å². The number of carbonyl (C=O) groups excluding carboxylic acids is 1. The van der Waals surface area contributed by atoms with E-state index < -0.39 is 0 Å². The Labute approximate surface area is 141 Å². The molecule has 2 saturated heterocycles. The maximum atomic E-state index is 12.2. The van der Waals surface area contributed by atoms with Gasteiger partial charge in [-0.2, -0.15) is 0 Å². The van der Waals surface area contributed by atoms with Crippen LogP contribution in [0, 0.1) is 5.92 Å². The molecule has 6 heteroatoms. The van der Waals surface area contributed by atoms with Crippen molar-refractivity contribution in [1.29, 1.82) is 0 Å². The van der Waals surface area contributed by atoms with Gasteiger partial charge in [-0.25, -0.2) is 0 Å². The van der Waals surface area contributed by atoms with Gasteiger partial charge in [0.05, 0.1) is 12.2 Å². The normalized spacial score (nSPS) is 25.6. The van der Waals surface area contributed by atoms with Crippen LogP contribution >= 0.6 is 31.9 Å². The summed E-state index contributed by atoms with van der Waals surface area (Å²) in [5.41, 5.74) is 0.818. The number of fused-ring (bicyclic) bond motifs is 1. The number of carbonyl (C=O) groups is 1. The predicted octanol–water partition coefficient (Wildman–Crippen LogP) is 2.83. The van der Waals surface area contributed by atoms with Crippen molar-refractivity contribution in [3.8, 4) is 0 Å². The second-order valence-electron chi connectivity index (χ2n) is 5.83. The number of amides is 1.